The Hall–Kier alpha value is -2.31. The number of rotatable bonds is 2. The van der Waals surface area contributed by atoms with Gasteiger partial charge in [-0.25, -0.2) is 23.1 Å². The van der Waals surface area contributed by atoms with Gasteiger partial charge in [-0.15, -0.1) is 0 Å². The third-order valence-electron chi connectivity index (χ3n) is 4.36. The van der Waals surface area contributed by atoms with Crippen molar-refractivity contribution in [3.8, 4) is 0 Å². The Kier molecular flexibility index (Phi) is 4.13. The summed E-state index contributed by atoms with van der Waals surface area (Å²) in [4.78, 5) is 16.1. The van der Waals surface area contributed by atoms with Gasteiger partial charge in [0, 0.05) is 18.4 Å². The average Bonchev–Trinajstić information content (AvgIpc) is 2.96. The molecule has 134 valence electrons. The SMILES string of the molecule is COC(=O)c1cn2nc(C3=CCC(F)(F)CC3)cc(C(C)(C)C)c2n1. The number of aromatic nitrogens is 3. The molecule has 5 nitrogen and oxygen atoms in total. The molecule has 0 unspecified atom stereocenters. The molecule has 2 aromatic heterocycles. The van der Waals surface area contributed by atoms with Crippen LogP contribution in [-0.2, 0) is 10.2 Å². The number of carbonyl (C=O) groups is 1. The number of allylic oxidation sites excluding steroid dienone is 2. The summed E-state index contributed by atoms with van der Waals surface area (Å²) < 4.78 is 33.1. The lowest BCUT2D eigenvalue weighted by molar-refractivity contribution is -0.00607. The van der Waals surface area contributed by atoms with Crippen LogP contribution in [0.4, 0.5) is 8.78 Å². The van der Waals surface area contributed by atoms with Gasteiger partial charge >= 0.3 is 5.97 Å². The van der Waals surface area contributed by atoms with Gasteiger partial charge in [0.2, 0.25) is 0 Å². The molecular weight excluding hydrogens is 328 g/mol. The van der Waals surface area contributed by atoms with Crippen molar-refractivity contribution in [3.05, 3.63) is 35.3 Å². The number of hydrogen-bond acceptors (Lipinski definition) is 4. The number of halogens is 2. The summed E-state index contributed by atoms with van der Waals surface area (Å²) in [6.07, 6.45) is 2.89. The Morgan fingerprint density at radius 3 is 2.64 bits per heavy atom. The number of nitrogens with zero attached hydrogens (tertiary/aromatic N) is 3. The van der Waals surface area contributed by atoms with E-state index in [9.17, 15) is 13.6 Å². The van der Waals surface area contributed by atoms with Crippen molar-refractivity contribution in [1.29, 1.82) is 0 Å². The molecule has 0 bridgehead atoms. The molecule has 2 heterocycles. The van der Waals surface area contributed by atoms with E-state index in [-0.39, 0.29) is 30.4 Å². The van der Waals surface area contributed by atoms with Crippen LogP contribution >= 0.6 is 0 Å². The highest BCUT2D eigenvalue weighted by atomic mass is 19.3. The zero-order valence-corrected chi connectivity index (χ0v) is 14.8. The molecule has 3 rings (SSSR count). The highest BCUT2D eigenvalue weighted by Crippen LogP contribution is 2.37. The quantitative estimate of drug-likeness (QED) is 0.769. The number of methoxy groups -OCH3 is 1. The Morgan fingerprint density at radius 1 is 1.36 bits per heavy atom. The van der Waals surface area contributed by atoms with Crippen LogP contribution in [0, 0.1) is 0 Å². The molecule has 0 amide bonds. The molecule has 25 heavy (non-hydrogen) atoms. The molecule has 0 atom stereocenters. The minimum atomic E-state index is -2.65. The van der Waals surface area contributed by atoms with E-state index in [2.05, 4.69) is 10.1 Å². The largest absolute Gasteiger partial charge is 0.464 e. The molecule has 0 aromatic carbocycles. The number of fused-ring (bicyclic) bond motifs is 1. The summed E-state index contributed by atoms with van der Waals surface area (Å²) >= 11 is 0. The van der Waals surface area contributed by atoms with Crippen LogP contribution in [0.15, 0.2) is 18.3 Å². The topological polar surface area (TPSA) is 56.5 Å². The Morgan fingerprint density at radius 2 is 2.08 bits per heavy atom. The maximum Gasteiger partial charge on any atom is 0.358 e. The standard InChI is InChI=1S/C18H21F2N3O2/c1-17(2,3)12-9-13(11-5-7-18(19,20)8-6-11)22-23-10-14(16(24)25-4)21-15(12)23/h5,9-10H,6-8H2,1-4H3. The Labute approximate surface area is 144 Å². The minimum Gasteiger partial charge on any atom is -0.464 e. The summed E-state index contributed by atoms with van der Waals surface area (Å²) in [6, 6.07) is 1.89. The van der Waals surface area contributed by atoms with Crippen LogP contribution in [0.2, 0.25) is 0 Å². The summed E-state index contributed by atoms with van der Waals surface area (Å²) in [5.74, 6) is -3.18. The first-order valence-corrected chi connectivity index (χ1v) is 8.17. The van der Waals surface area contributed by atoms with E-state index in [0.717, 1.165) is 11.1 Å². The molecule has 1 aliphatic carbocycles. The highest BCUT2D eigenvalue weighted by Gasteiger charge is 2.32. The van der Waals surface area contributed by atoms with Gasteiger partial charge in [-0.2, -0.15) is 5.10 Å². The number of esters is 1. The summed E-state index contributed by atoms with van der Waals surface area (Å²) in [5.41, 5.74) is 2.82. The molecule has 0 radical (unpaired) electrons. The zero-order valence-electron chi connectivity index (χ0n) is 14.8. The Bertz CT molecular complexity index is 863. The smallest absolute Gasteiger partial charge is 0.358 e. The van der Waals surface area contributed by atoms with Gasteiger partial charge in [0.15, 0.2) is 11.3 Å². The van der Waals surface area contributed by atoms with Crippen LogP contribution in [0.25, 0.3) is 11.2 Å². The van der Waals surface area contributed by atoms with E-state index in [4.69, 9.17) is 4.74 Å². The third-order valence-corrected chi connectivity index (χ3v) is 4.36. The van der Waals surface area contributed by atoms with Gasteiger partial charge < -0.3 is 4.74 Å². The summed E-state index contributed by atoms with van der Waals surface area (Å²) in [6.45, 7) is 6.09. The normalized spacial score (nSPS) is 17.4. The number of ether oxygens (including phenoxy) is 1. The second-order valence-electron chi connectivity index (χ2n) is 7.37. The highest BCUT2D eigenvalue weighted by molar-refractivity contribution is 5.88. The first-order chi connectivity index (χ1) is 11.6. The van der Waals surface area contributed by atoms with Gasteiger partial charge in [-0.05, 0) is 23.5 Å². The molecule has 0 saturated heterocycles. The van der Waals surface area contributed by atoms with Crippen LogP contribution < -0.4 is 0 Å². The van der Waals surface area contributed by atoms with Gasteiger partial charge in [0.1, 0.15) is 0 Å². The van der Waals surface area contributed by atoms with Crippen LogP contribution in [0.5, 0.6) is 0 Å². The maximum atomic E-state index is 13.4. The predicted molar refractivity (Wildman–Crippen MR) is 89.8 cm³/mol. The predicted octanol–water partition coefficient (Wildman–Crippen LogP) is 4.02. The van der Waals surface area contributed by atoms with E-state index >= 15 is 0 Å². The molecule has 0 spiro atoms. The van der Waals surface area contributed by atoms with Gasteiger partial charge in [-0.1, -0.05) is 26.8 Å². The number of alkyl halides is 2. The summed E-state index contributed by atoms with van der Waals surface area (Å²) in [7, 11) is 1.29. The second-order valence-corrected chi connectivity index (χ2v) is 7.37. The monoisotopic (exact) mass is 349 g/mol. The molecule has 7 heteroatoms. The van der Waals surface area contributed by atoms with Crippen molar-refractivity contribution in [3.63, 3.8) is 0 Å². The number of carbonyl (C=O) groups excluding carboxylic acids is 1. The minimum absolute atomic E-state index is 0.168. The van der Waals surface area contributed by atoms with Crippen LogP contribution in [0.3, 0.4) is 0 Å². The van der Waals surface area contributed by atoms with Crippen LogP contribution in [0.1, 0.15) is 61.8 Å². The fraction of sp³-hybridized carbons (Fsp3) is 0.500. The molecular formula is C18H21F2N3O2. The van der Waals surface area contributed by atoms with E-state index < -0.39 is 11.9 Å². The van der Waals surface area contributed by atoms with E-state index in [1.807, 2.05) is 26.8 Å². The fourth-order valence-electron chi connectivity index (χ4n) is 2.92. The molecule has 0 N–H and O–H groups in total. The van der Waals surface area contributed by atoms with Gasteiger partial charge in [0.25, 0.3) is 5.92 Å². The number of hydrogen-bond donors (Lipinski definition) is 0. The molecule has 2 aromatic rings. The van der Waals surface area contributed by atoms with Crippen molar-refractivity contribution in [2.45, 2.75) is 51.4 Å². The van der Waals surface area contributed by atoms with Gasteiger partial charge in [0.05, 0.1) is 19.0 Å². The van der Waals surface area contributed by atoms with Crippen molar-refractivity contribution >= 4 is 17.2 Å². The molecule has 0 aliphatic heterocycles. The second kappa shape index (κ2) is 5.89. The van der Waals surface area contributed by atoms with Gasteiger partial charge in [-0.3, -0.25) is 0 Å². The van der Waals surface area contributed by atoms with E-state index in [0.29, 0.717) is 11.3 Å². The maximum absolute atomic E-state index is 13.4. The summed E-state index contributed by atoms with van der Waals surface area (Å²) in [5, 5.41) is 4.49. The van der Waals surface area contributed by atoms with Crippen molar-refractivity contribution < 1.29 is 18.3 Å². The van der Waals surface area contributed by atoms with Crippen molar-refractivity contribution in [1.82, 2.24) is 14.6 Å². The number of imidazole rings is 1. The lowest BCUT2D eigenvalue weighted by Crippen LogP contribution is -2.19. The Balaban J connectivity index is 2.15. The van der Waals surface area contributed by atoms with Crippen LogP contribution in [-0.4, -0.2) is 33.6 Å². The average molecular weight is 349 g/mol. The molecule has 1 aliphatic rings. The fourth-order valence-corrected chi connectivity index (χ4v) is 2.92. The first-order valence-electron chi connectivity index (χ1n) is 8.17. The first kappa shape index (κ1) is 17.5. The molecule has 0 fully saturated rings. The van der Waals surface area contributed by atoms with E-state index in [1.165, 1.54) is 17.8 Å². The van der Waals surface area contributed by atoms with Crippen molar-refractivity contribution in [2.24, 2.45) is 0 Å². The molecule has 0 saturated carbocycles. The lowest BCUT2D eigenvalue weighted by atomic mass is 9.86. The zero-order chi connectivity index (χ0) is 18.4. The van der Waals surface area contributed by atoms with E-state index in [1.54, 1.807) is 6.08 Å². The van der Waals surface area contributed by atoms with Crippen molar-refractivity contribution in [2.75, 3.05) is 7.11 Å². The third kappa shape index (κ3) is 3.41. The lowest BCUT2D eigenvalue weighted by Gasteiger charge is -2.23.